The number of sulfonamides is 1. The molecule has 8 nitrogen and oxygen atoms in total. The average Bonchev–Trinajstić information content (AvgIpc) is 2.95. The number of ether oxygens (including phenoxy) is 1. The van der Waals surface area contributed by atoms with Crippen molar-refractivity contribution in [2.75, 3.05) is 18.0 Å². The summed E-state index contributed by atoms with van der Waals surface area (Å²) in [5.41, 5.74) is 1.92. The Labute approximate surface area is 245 Å². The third-order valence-corrected chi connectivity index (χ3v) is 8.98. The normalized spacial score (nSPS) is 12.8. The Morgan fingerprint density at radius 1 is 0.975 bits per heavy atom. The van der Waals surface area contributed by atoms with Gasteiger partial charge in [-0.15, -0.1) is 0 Å². The van der Waals surface area contributed by atoms with Crippen LogP contribution >= 0.6 is 15.9 Å². The minimum Gasteiger partial charge on any atom is -0.495 e. The van der Waals surface area contributed by atoms with Crippen LogP contribution in [0, 0.1) is 6.92 Å². The maximum atomic E-state index is 14.0. The lowest BCUT2D eigenvalue weighted by molar-refractivity contribution is -0.139. The smallest absolute Gasteiger partial charge is 0.264 e. The number of hydrogen-bond acceptors (Lipinski definition) is 5. The van der Waals surface area contributed by atoms with Crippen LogP contribution in [0.3, 0.4) is 0 Å². The second kappa shape index (κ2) is 13.8. The van der Waals surface area contributed by atoms with Gasteiger partial charge in [0, 0.05) is 17.1 Å². The molecule has 0 heterocycles. The van der Waals surface area contributed by atoms with Gasteiger partial charge in [0.1, 0.15) is 18.3 Å². The van der Waals surface area contributed by atoms with E-state index in [4.69, 9.17) is 4.74 Å². The zero-order chi connectivity index (χ0) is 29.4. The van der Waals surface area contributed by atoms with Gasteiger partial charge in [0.15, 0.2) is 0 Å². The summed E-state index contributed by atoms with van der Waals surface area (Å²) in [5, 5.41) is 2.93. The molecule has 1 N–H and O–H groups in total. The SMILES string of the molecule is CC[C@@H](C)NC(=O)[C@@H](C)N(Cc1ccc(Br)cc1)C(=O)CN(c1ccccc1OC)S(=O)(=O)c1ccc(C)cc1. The van der Waals surface area contributed by atoms with Gasteiger partial charge in [-0.3, -0.25) is 13.9 Å². The van der Waals surface area contributed by atoms with Crippen LogP contribution < -0.4 is 14.4 Å². The lowest BCUT2D eigenvalue weighted by atomic mass is 10.1. The number of carbonyl (C=O) groups excluding carboxylic acids is 2. The van der Waals surface area contributed by atoms with Crippen LogP contribution in [-0.2, 0) is 26.2 Å². The molecule has 2 amide bonds. The second-order valence-corrected chi connectivity index (χ2v) is 12.4. The Bertz CT molecular complexity index is 1410. The molecule has 0 aliphatic heterocycles. The van der Waals surface area contributed by atoms with Crippen molar-refractivity contribution < 1.29 is 22.7 Å². The maximum absolute atomic E-state index is 14.0. The van der Waals surface area contributed by atoms with Gasteiger partial charge in [0.2, 0.25) is 11.8 Å². The highest BCUT2D eigenvalue weighted by molar-refractivity contribution is 9.10. The number of amides is 2. The molecule has 0 aliphatic carbocycles. The zero-order valence-electron chi connectivity index (χ0n) is 23.4. The summed E-state index contributed by atoms with van der Waals surface area (Å²) >= 11 is 3.42. The number of nitrogens with zero attached hydrogens (tertiary/aromatic N) is 2. The Morgan fingerprint density at radius 2 is 1.60 bits per heavy atom. The quantitative estimate of drug-likeness (QED) is 0.294. The Morgan fingerprint density at radius 3 is 2.20 bits per heavy atom. The predicted octanol–water partition coefficient (Wildman–Crippen LogP) is 5.29. The number of aryl methyl sites for hydroxylation is 1. The molecular weight excluding hydrogens is 594 g/mol. The second-order valence-electron chi connectivity index (χ2n) is 9.64. The summed E-state index contributed by atoms with van der Waals surface area (Å²) in [4.78, 5) is 28.6. The molecule has 0 unspecified atom stereocenters. The molecule has 10 heteroatoms. The van der Waals surface area contributed by atoms with E-state index in [0.717, 1.165) is 26.3 Å². The summed E-state index contributed by atoms with van der Waals surface area (Å²) in [5.74, 6) is -0.547. The van der Waals surface area contributed by atoms with Crippen molar-refractivity contribution in [3.63, 3.8) is 0 Å². The number of para-hydroxylation sites is 2. The van der Waals surface area contributed by atoms with E-state index >= 15 is 0 Å². The fourth-order valence-electron chi connectivity index (χ4n) is 4.02. The van der Waals surface area contributed by atoms with Crippen molar-refractivity contribution in [3.8, 4) is 5.75 Å². The summed E-state index contributed by atoms with van der Waals surface area (Å²) < 4.78 is 35.3. The number of anilines is 1. The minimum atomic E-state index is -4.18. The molecule has 0 aliphatic rings. The number of carbonyl (C=O) groups is 2. The maximum Gasteiger partial charge on any atom is 0.264 e. The van der Waals surface area contributed by atoms with Gasteiger partial charge in [-0.25, -0.2) is 8.42 Å². The lowest BCUT2D eigenvalue weighted by Gasteiger charge is -2.32. The van der Waals surface area contributed by atoms with Crippen molar-refractivity contribution in [3.05, 3.63) is 88.4 Å². The van der Waals surface area contributed by atoms with Crippen LogP contribution in [-0.4, -0.2) is 50.9 Å². The van der Waals surface area contributed by atoms with E-state index in [-0.39, 0.29) is 29.1 Å². The van der Waals surface area contributed by atoms with E-state index in [2.05, 4.69) is 21.2 Å². The molecule has 0 bridgehead atoms. The van der Waals surface area contributed by atoms with Crippen LogP contribution in [0.2, 0.25) is 0 Å². The first-order valence-corrected chi connectivity index (χ1v) is 15.3. The number of rotatable bonds is 12. The first-order valence-electron chi connectivity index (χ1n) is 13.0. The highest BCUT2D eigenvalue weighted by Gasteiger charge is 2.34. The molecule has 0 spiro atoms. The van der Waals surface area contributed by atoms with Gasteiger partial charge >= 0.3 is 0 Å². The number of halogens is 1. The number of nitrogens with one attached hydrogen (secondary N) is 1. The van der Waals surface area contributed by atoms with E-state index in [1.165, 1.54) is 24.1 Å². The summed E-state index contributed by atoms with van der Waals surface area (Å²) in [6.45, 7) is 6.95. The minimum absolute atomic E-state index is 0.0406. The Hall–Kier alpha value is -3.37. The van der Waals surface area contributed by atoms with Crippen LogP contribution in [0.25, 0.3) is 0 Å². The highest BCUT2D eigenvalue weighted by atomic mass is 79.9. The molecule has 0 saturated carbocycles. The number of hydrogen-bond donors (Lipinski definition) is 1. The van der Waals surface area contributed by atoms with Crippen molar-refractivity contribution in [2.24, 2.45) is 0 Å². The Balaban J connectivity index is 2.06. The molecule has 214 valence electrons. The average molecular weight is 631 g/mol. The third-order valence-electron chi connectivity index (χ3n) is 6.68. The van der Waals surface area contributed by atoms with Crippen LogP contribution in [0.1, 0.15) is 38.3 Å². The van der Waals surface area contributed by atoms with Gasteiger partial charge < -0.3 is 15.0 Å². The van der Waals surface area contributed by atoms with E-state index in [1.807, 2.05) is 45.0 Å². The van der Waals surface area contributed by atoms with Crippen LogP contribution in [0.15, 0.2) is 82.2 Å². The standard InChI is InChI=1S/C30H36BrN3O5S/c1-6-22(3)32-30(36)23(4)33(19-24-13-15-25(31)16-14-24)29(35)20-34(27-9-7-8-10-28(27)39-5)40(37,38)26-17-11-21(2)12-18-26/h7-18,22-23H,6,19-20H2,1-5H3,(H,32,36)/t22-,23-/m1/s1. The summed E-state index contributed by atoms with van der Waals surface area (Å²) in [7, 11) is -2.74. The zero-order valence-corrected chi connectivity index (χ0v) is 25.8. The number of methoxy groups -OCH3 is 1. The van der Waals surface area contributed by atoms with Crippen molar-refractivity contribution in [2.45, 2.75) is 57.6 Å². The monoisotopic (exact) mass is 629 g/mol. The molecule has 3 rings (SSSR count). The fourth-order valence-corrected chi connectivity index (χ4v) is 5.71. The fraction of sp³-hybridized carbons (Fsp3) is 0.333. The summed E-state index contributed by atoms with van der Waals surface area (Å²) in [6.07, 6.45) is 0.732. The first kappa shape index (κ1) is 31.2. The molecule has 0 fully saturated rings. The summed E-state index contributed by atoms with van der Waals surface area (Å²) in [6, 6.07) is 19.5. The molecule has 0 aromatic heterocycles. The van der Waals surface area contributed by atoms with Gasteiger partial charge in [0.25, 0.3) is 10.0 Å². The molecular formula is C30H36BrN3O5S. The topological polar surface area (TPSA) is 96.0 Å². The first-order chi connectivity index (χ1) is 19.0. The van der Waals surface area contributed by atoms with Gasteiger partial charge in [-0.05, 0) is 69.2 Å². The van der Waals surface area contributed by atoms with Crippen molar-refractivity contribution >= 4 is 43.5 Å². The lowest BCUT2D eigenvalue weighted by Crippen LogP contribution is -2.52. The van der Waals surface area contributed by atoms with Crippen LogP contribution in [0.5, 0.6) is 5.75 Å². The van der Waals surface area contributed by atoms with Gasteiger partial charge in [-0.2, -0.15) is 0 Å². The predicted molar refractivity (Wildman–Crippen MR) is 161 cm³/mol. The molecule has 40 heavy (non-hydrogen) atoms. The van der Waals surface area contributed by atoms with E-state index in [9.17, 15) is 18.0 Å². The van der Waals surface area contributed by atoms with E-state index in [0.29, 0.717) is 5.75 Å². The van der Waals surface area contributed by atoms with Crippen LogP contribution in [0.4, 0.5) is 5.69 Å². The molecule has 0 radical (unpaired) electrons. The van der Waals surface area contributed by atoms with Gasteiger partial charge in [0.05, 0.1) is 17.7 Å². The van der Waals surface area contributed by atoms with Crippen molar-refractivity contribution in [1.29, 1.82) is 0 Å². The van der Waals surface area contributed by atoms with Gasteiger partial charge in [-0.1, -0.05) is 64.8 Å². The van der Waals surface area contributed by atoms with Crippen molar-refractivity contribution in [1.82, 2.24) is 10.2 Å². The molecule has 0 saturated heterocycles. The number of benzene rings is 3. The Kier molecular flexibility index (Phi) is 10.8. The van der Waals surface area contributed by atoms with E-state index in [1.54, 1.807) is 43.3 Å². The largest absolute Gasteiger partial charge is 0.495 e. The van der Waals surface area contributed by atoms with E-state index < -0.39 is 28.5 Å². The molecule has 3 aromatic rings. The molecule has 2 atom stereocenters. The third kappa shape index (κ3) is 7.63. The molecule has 3 aromatic carbocycles. The highest BCUT2D eigenvalue weighted by Crippen LogP contribution is 2.32.